The van der Waals surface area contributed by atoms with E-state index in [0.717, 1.165) is 0 Å². The van der Waals surface area contributed by atoms with Gasteiger partial charge in [0.2, 0.25) is 0 Å². The average Bonchev–Trinajstić information content (AvgIpc) is 3.07. The van der Waals surface area contributed by atoms with E-state index in [1.54, 1.807) is 0 Å². The predicted molar refractivity (Wildman–Crippen MR) is 88.5 cm³/mol. The minimum absolute atomic E-state index is 0.0747. The minimum atomic E-state index is -1.57. The van der Waals surface area contributed by atoms with Crippen molar-refractivity contribution < 1.29 is 28.9 Å². The number of carbonyl (C=O) groups is 2. The number of rotatable bonds is 6. The number of amidine groups is 1. The molecule has 1 amide bonds. The van der Waals surface area contributed by atoms with E-state index < -0.39 is 17.7 Å². The number of halogens is 2. The highest BCUT2D eigenvalue weighted by Crippen LogP contribution is 2.22. The van der Waals surface area contributed by atoms with Crippen molar-refractivity contribution in [3.05, 3.63) is 39.9 Å². The van der Waals surface area contributed by atoms with Crippen molar-refractivity contribution in [2.45, 2.75) is 12.8 Å². The molecule has 0 bridgehead atoms. The van der Waals surface area contributed by atoms with Crippen LogP contribution in [0.5, 0.6) is 0 Å². The summed E-state index contributed by atoms with van der Waals surface area (Å²) < 4.78 is 18.1. The van der Waals surface area contributed by atoms with Crippen molar-refractivity contribution in [1.82, 2.24) is 21.1 Å². The second-order valence-corrected chi connectivity index (χ2v) is 5.75. The maximum absolute atomic E-state index is 13.3. The Morgan fingerprint density at radius 3 is 2.77 bits per heavy atom. The molecule has 0 aliphatic rings. The normalized spacial score (nSPS) is 11.3. The topological polar surface area (TPSA) is 150 Å². The molecule has 0 radical (unpaired) electrons. The number of hydrogen-bond donors (Lipinski definition) is 4. The highest BCUT2D eigenvalue weighted by Gasteiger charge is 2.17. The standard InChI is InChI=1S/C14H13BrFN5O5/c15-8-6-7(3-4-9(8)16)18-12(19-25)11-10(20-26-21-11)2-1-5-17-13(22)14(23)24/h3-4,6,25H,1-2,5H2,(H,17,22)(H,18,19)(H,23,24). The second-order valence-electron chi connectivity index (χ2n) is 4.89. The van der Waals surface area contributed by atoms with E-state index in [1.807, 2.05) is 5.48 Å². The number of hydroxylamine groups is 1. The first-order valence-electron chi connectivity index (χ1n) is 7.19. The number of nitrogens with one attached hydrogen (secondary N) is 2. The van der Waals surface area contributed by atoms with Gasteiger partial charge in [-0.3, -0.25) is 15.5 Å². The number of aromatic nitrogens is 2. The Bertz CT molecular complexity index is 841. The summed E-state index contributed by atoms with van der Waals surface area (Å²) in [7, 11) is 0. The van der Waals surface area contributed by atoms with Crippen LogP contribution in [0.15, 0.2) is 32.3 Å². The molecule has 1 aromatic carbocycles. The van der Waals surface area contributed by atoms with Gasteiger partial charge in [0, 0.05) is 6.54 Å². The van der Waals surface area contributed by atoms with E-state index in [2.05, 4.69) is 41.2 Å². The van der Waals surface area contributed by atoms with E-state index in [9.17, 15) is 19.2 Å². The van der Waals surface area contributed by atoms with Crippen LogP contribution in [0, 0.1) is 5.82 Å². The molecule has 1 aromatic heterocycles. The number of aryl methyl sites for hydroxylation is 1. The lowest BCUT2D eigenvalue weighted by molar-refractivity contribution is -0.150. The molecule has 12 heteroatoms. The van der Waals surface area contributed by atoms with Crippen LogP contribution in [0.4, 0.5) is 10.1 Å². The van der Waals surface area contributed by atoms with E-state index >= 15 is 0 Å². The Morgan fingerprint density at radius 1 is 1.35 bits per heavy atom. The highest BCUT2D eigenvalue weighted by atomic mass is 79.9. The lowest BCUT2D eigenvalue weighted by Gasteiger charge is -2.04. The third-order valence-electron chi connectivity index (χ3n) is 3.10. The quantitative estimate of drug-likeness (QED) is 0.175. The maximum atomic E-state index is 13.3. The third kappa shape index (κ3) is 5.07. The van der Waals surface area contributed by atoms with Crippen LogP contribution in [0.1, 0.15) is 17.8 Å². The molecule has 2 aromatic rings. The van der Waals surface area contributed by atoms with Crippen molar-refractivity contribution in [1.29, 1.82) is 0 Å². The van der Waals surface area contributed by atoms with E-state index in [0.29, 0.717) is 17.8 Å². The fourth-order valence-corrected chi connectivity index (χ4v) is 2.27. The molecule has 4 N–H and O–H groups in total. The monoisotopic (exact) mass is 429 g/mol. The van der Waals surface area contributed by atoms with Gasteiger partial charge < -0.3 is 10.4 Å². The zero-order chi connectivity index (χ0) is 19.1. The van der Waals surface area contributed by atoms with E-state index in [-0.39, 0.29) is 29.0 Å². The molecule has 0 spiro atoms. The van der Waals surface area contributed by atoms with Crippen molar-refractivity contribution in [2.75, 3.05) is 6.54 Å². The Kier molecular flexibility index (Phi) is 6.74. The number of hydrogen-bond acceptors (Lipinski definition) is 7. The highest BCUT2D eigenvalue weighted by molar-refractivity contribution is 9.10. The minimum Gasteiger partial charge on any atom is -0.474 e. The molecule has 0 unspecified atom stereocenters. The Balaban J connectivity index is 2.08. The molecule has 10 nitrogen and oxygen atoms in total. The first-order valence-corrected chi connectivity index (χ1v) is 7.98. The second kappa shape index (κ2) is 9.01. The summed E-state index contributed by atoms with van der Waals surface area (Å²) in [4.78, 5) is 25.4. The van der Waals surface area contributed by atoms with Crippen molar-refractivity contribution in [3.8, 4) is 0 Å². The molecule has 2 rings (SSSR count). The van der Waals surface area contributed by atoms with Gasteiger partial charge in [0.15, 0.2) is 11.5 Å². The van der Waals surface area contributed by atoms with Crippen molar-refractivity contribution in [2.24, 2.45) is 4.99 Å². The zero-order valence-electron chi connectivity index (χ0n) is 13.1. The van der Waals surface area contributed by atoms with Gasteiger partial charge in [0.05, 0.1) is 10.2 Å². The molecule has 0 aliphatic carbocycles. The van der Waals surface area contributed by atoms with Gasteiger partial charge in [-0.05, 0) is 52.1 Å². The number of carboxylic acids is 1. The number of carboxylic acid groups (broad SMARTS) is 1. The summed E-state index contributed by atoms with van der Waals surface area (Å²) >= 11 is 3.04. The number of amides is 1. The SMILES string of the molecule is O=C(O)C(=O)NCCCc1nonc1C(=Nc1ccc(F)c(Br)c1)NO. The smallest absolute Gasteiger partial charge is 0.394 e. The van der Waals surface area contributed by atoms with Crippen molar-refractivity contribution >= 4 is 39.3 Å². The third-order valence-corrected chi connectivity index (χ3v) is 3.71. The molecule has 0 aliphatic heterocycles. The molecule has 0 saturated heterocycles. The number of carbonyl (C=O) groups excluding carboxylic acids is 1. The molecule has 138 valence electrons. The summed E-state index contributed by atoms with van der Waals surface area (Å²) in [5.41, 5.74) is 2.67. The summed E-state index contributed by atoms with van der Waals surface area (Å²) in [5, 5.41) is 27.3. The number of aliphatic imine (C=N–C) groups is 1. The van der Waals surface area contributed by atoms with Crippen LogP contribution in [0.2, 0.25) is 0 Å². The van der Waals surface area contributed by atoms with Crippen LogP contribution in [-0.2, 0) is 16.0 Å². The number of nitrogens with zero attached hydrogens (tertiary/aromatic N) is 3. The lowest BCUT2D eigenvalue weighted by Crippen LogP contribution is -2.31. The molecule has 0 atom stereocenters. The van der Waals surface area contributed by atoms with Crippen LogP contribution in [0.25, 0.3) is 0 Å². The van der Waals surface area contributed by atoms with Crippen LogP contribution in [-0.4, -0.2) is 44.9 Å². The summed E-state index contributed by atoms with van der Waals surface area (Å²) in [6, 6.07) is 4.00. The van der Waals surface area contributed by atoms with Crippen LogP contribution < -0.4 is 10.8 Å². The fourth-order valence-electron chi connectivity index (χ4n) is 1.90. The summed E-state index contributed by atoms with van der Waals surface area (Å²) in [6.45, 7) is 0.0986. The van der Waals surface area contributed by atoms with Crippen molar-refractivity contribution in [3.63, 3.8) is 0 Å². The van der Waals surface area contributed by atoms with E-state index in [1.165, 1.54) is 18.2 Å². The number of aliphatic carboxylic acids is 1. The van der Waals surface area contributed by atoms with Gasteiger partial charge in [0.1, 0.15) is 11.5 Å². The first kappa shape index (κ1) is 19.5. The molecule has 0 fully saturated rings. The molecule has 0 saturated carbocycles. The molecule has 26 heavy (non-hydrogen) atoms. The molecule has 1 heterocycles. The number of benzene rings is 1. The summed E-state index contributed by atoms with van der Waals surface area (Å²) in [5.74, 6) is -3.22. The molecular formula is C14H13BrFN5O5. The van der Waals surface area contributed by atoms with Crippen LogP contribution >= 0.6 is 15.9 Å². The average molecular weight is 430 g/mol. The van der Waals surface area contributed by atoms with Gasteiger partial charge in [-0.25, -0.2) is 18.8 Å². The largest absolute Gasteiger partial charge is 0.474 e. The predicted octanol–water partition coefficient (Wildman–Crippen LogP) is 1.16. The zero-order valence-corrected chi connectivity index (χ0v) is 14.7. The van der Waals surface area contributed by atoms with Gasteiger partial charge >= 0.3 is 11.9 Å². The maximum Gasteiger partial charge on any atom is 0.394 e. The van der Waals surface area contributed by atoms with Gasteiger partial charge in [-0.15, -0.1) is 0 Å². The first-order chi connectivity index (χ1) is 12.4. The van der Waals surface area contributed by atoms with Crippen LogP contribution in [0.3, 0.4) is 0 Å². The van der Waals surface area contributed by atoms with Gasteiger partial charge in [-0.2, -0.15) is 0 Å². The van der Waals surface area contributed by atoms with E-state index in [4.69, 9.17) is 5.11 Å². The summed E-state index contributed by atoms with van der Waals surface area (Å²) in [6.07, 6.45) is 0.619. The Hall–Kier alpha value is -2.86. The lowest BCUT2D eigenvalue weighted by atomic mass is 10.2. The molecular weight excluding hydrogens is 417 g/mol. The van der Waals surface area contributed by atoms with Gasteiger partial charge in [0.25, 0.3) is 0 Å². The fraction of sp³-hybridized carbons (Fsp3) is 0.214. The van der Waals surface area contributed by atoms with Gasteiger partial charge in [-0.1, -0.05) is 5.16 Å². The Labute approximate surface area is 154 Å². The Morgan fingerprint density at radius 2 is 2.12 bits per heavy atom.